The van der Waals surface area contributed by atoms with Crippen molar-refractivity contribution in [3.63, 3.8) is 0 Å². The SMILES string of the molecule is N=C(NC(=O)OCc1ccccc1)c1ccc(N2CCN(C(=O)NC3CCC(C(=O)O)CC3)CC2)cc1. The number of alkyl carbamates (subject to hydrolysis) is 1. The Morgan fingerprint density at radius 1 is 0.919 bits per heavy atom. The van der Waals surface area contributed by atoms with Crippen LogP contribution in [-0.2, 0) is 16.1 Å². The van der Waals surface area contributed by atoms with Crippen LogP contribution in [-0.4, -0.2) is 66.2 Å². The van der Waals surface area contributed by atoms with Crippen molar-refractivity contribution in [3.8, 4) is 0 Å². The summed E-state index contributed by atoms with van der Waals surface area (Å²) in [6.07, 6.45) is 1.92. The Labute approximate surface area is 216 Å². The van der Waals surface area contributed by atoms with Crippen molar-refractivity contribution in [2.75, 3.05) is 31.1 Å². The summed E-state index contributed by atoms with van der Waals surface area (Å²) in [5.74, 6) is -1.08. The zero-order chi connectivity index (χ0) is 26.2. The average molecular weight is 508 g/mol. The molecule has 0 spiro atoms. The maximum Gasteiger partial charge on any atom is 0.413 e. The zero-order valence-corrected chi connectivity index (χ0v) is 20.7. The fourth-order valence-electron chi connectivity index (χ4n) is 4.69. The van der Waals surface area contributed by atoms with Gasteiger partial charge in [-0.3, -0.25) is 15.5 Å². The van der Waals surface area contributed by atoms with Gasteiger partial charge in [0.15, 0.2) is 0 Å². The summed E-state index contributed by atoms with van der Waals surface area (Å²) in [7, 11) is 0. The molecule has 2 aliphatic rings. The monoisotopic (exact) mass is 507 g/mol. The van der Waals surface area contributed by atoms with Gasteiger partial charge in [-0.25, -0.2) is 9.59 Å². The molecule has 0 atom stereocenters. The Balaban J connectivity index is 1.19. The topological polar surface area (TPSA) is 135 Å². The smallest absolute Gasteiger partial charge is 0.413 e. The van der Waals surface area contributed by atoms with Crippen LogP contribution < -0.4 is 15.5 Å². The molecule has 37 heavy (non-hydrogen) atoms. The highest BCUT2D eigenvalue weighted by molar-refractivity contribution is 6.04. The van der Waals surface area contributed by atoms with E-state index in [4.69, 9.17) is 15.3 Å². The van der Waals surface area contributed by atoms with Gasteiger partial charge in [0.2, 0.25) is 0 Å². The number of carboxylic acid groups (broad SMARTS) is 1. The minimum atomic E-state index is -0.747. The maximum absolute atomic E-state index is 12.7. The zero-order valence-electron chi connectivity index (χ0n) is 20.7. The summed E-state index contributed by atoms with van der Waals surface area (Å²) in [5.41, 5.74) is 2.42. The number of hydrogen-bond acceptors (Lipinski definition) is 6. The van der Waals surface area contributed by atoms with E-state index in [0.29, 0.717) is 57.4 Å². The Morgan fingerprint density at radius 2 is 1.57 bits per heavy atom. The van der Waals surface area contributed by atoms with Crippen molar-refractivity contribution in [2.45, 2.75) is 38.3 Å². The van der Waals surface area contributed by atoms with Crippen LogP contribution in [0.1, 0.15) is 36.8 Å². The van der Waals surface area contributed by atoms with Crippen molar-refractivity contribution >= 4 is 29.6 Å². The Hall–Kier alpha value is -4.08. The third-order valence-corrected chi connectivity index (χ3v) is 6.93. The number of amidine groups is 1. The molecule has 0 radical (unpaired) electrons. The lowest BCUT2D eigenvalue weighted by molar-refractivity contribution is -0.142. The normalized spacial score (nSPS) is 19.6. The second-order valence-electron chi connectivity index (χ2n) is 9.42. The number of nitrogens with one attached hydrogen (secondary N) is 3. The molecule has 10 nitrogen and oxygen atoms in total. The molecule has 1 heterocycles. The van der Waals surface area contributed by atoms with E-state index in [9.17, 15) is 14.4 Å². The molecule has 0 aromatic heterocycles. The van der Waals surface area contributed by atoms with Crippen molar-refractivity contribution in [1.82, 2.24) is 15.5 Å². The molecule has 4 N–H and O–H groups in total. The largest absolute Gasteiger partial charge is 0.481 e. The molecule has 10 heteroatoms. The van der Waals surface area contributed by atoms with E-state index < -0.39 is 12.1 Å². The van der Waals surface area contributed by atoms with Gasteiger partial charge in [0, 0.05) is 43.5 Å². The maximum atomic E-state index is 12.7. The lowest BCUT2D eigenvalue weighted by Crippen LogP contribution is -2.54. The van der Waals surface area contributed by atoms with Gasteiger partial charge in [-0.1, -0.05) is 30.3 Å². The van der Waals surface area contributed by atoms with E-state index in [2.05, 4.69) is 15.5 Å². The van der Waals surface area contributed by atoms with E-state index in [1.807, 2.05) is 42.5 Å². The molecule has 1 aliphatic carbocycles. The molecule has 1 saturated carbocycles. The number of carbonyl (C=O) groups is 3. The molecule has 1 saturated heterocycles. The number of urea groups is 1. The fraction of sp³-hybridized carbons (Fsp3) is 0.407. The van der Waals surface area contributed by atoms with Crippen molar-refractivity contribution in [2.24, 2.45) is 5.92 Å². The molecule has 4 rings (SSSR count). The lowest BCUT2D eigenvalue weighted by Gasteiger charge is -2.37. The Kier molecular flexibility index (Phi) is 8.60. The van der Waals surface area contributed by atoms with Crippen LogP contribution in [0.5, 0.6) is 0 Å². The first kappa shape index (κ1) is 26.0. The first-order valence-electron chi connectivity index (χ1n) is 12.6. The summed E-state index contributed by atoms with van der Waals surface area (Å²) in [6, 6.07) is 16.6. The van der Waals surface area contributed by atoms with E-state index in [1.165, 1.54) is 0 Å². The Morgan fingerprint density at radius 3 is 2.19 bits per heavy atom. The molecular weight excluding hydrogens is 474 g/mol. The number of amides is 3. The second-order valence-corrected chi connectivity index (χ2v) is 9.42. The number of aliphatic carboxylic acids is 1. The van der Waals surface area contributed by atoms with E-state index >= 15 is 0 Å². The van der Waals surface area contributed by atoms with Gasteiger partial charge in [-0.2, -0.15) is 0 Å². The van der Waals surface area contributed by atoms with Gasteiger partial charge < -0.3 is 25.0 Å². The lowest BCUT2D eigenvalue weighted by atomic mass is 9.86. The highest BCUT2D eigenvalue weighted by Gasteiger charge is 2.28. The number of hydrogen-bond donors (Lipinski definition) is 4. The van der Waals surface area contributed by atoms with Gasteiger partial charge >= 0.3 is 18.1 Å². The number of carbonyl (C=O) groups excluding carboxylic acids is 2. The van der Waals surface area contributed by atoms with Gasteiger partial charge in [0.25, 0.3) is 0 Å². The van der Waals surface area contributed by atoms with E-state index in [1.54, 1.807) is 17.0 Å². The fourth-order valence-corrected chi connectivity index (χ4v) is 4.69. The highest BCUT2D eigenvalue weighted by Crippen LogP contribution is 2.25. The predicted molar refractivity (Wildman–Crippen MR) is 139 cm³/mol. The molecule has 3 amide bonds. The molecule has 0 unspecified atom stereocenters. The van der Waals surface area contributed by atoms with Crippen LogP contribution in [0.3, 0.4) is 0 Å². The standard InChI is InChI=1S/C27H33N5O5/c28-24(30-27(36)37-18-19-4-2-1-3-5-19)20-8-12-23(13-9-20)31-14-16-32(17-15-31)26(35)29-22-10-6-21(7-11-22)25(33)34/h1-5,8-9,12-13,21-22H,6-7,10-11,14-18H2,(H,29,35)(H,33,34)(H2,28,30,36). The third-order valence-electron chi connectivity index (χ3n) is 6.93. The number of rotatable bonds is 6. The summed E-state index contributed by atoms with van der Waals surface area (Å²) < 4.78 is 5.17. The van der Waals surface area contributed by atoms with Gasteiger partial charge in [-0.15, -0.1) is 0 Å². The molecule has 0 bridgehead atoms. The van der Waals surface area contributed by atoms with Crippen LogP contribution in [0.2, 0.25) is 0 Å². The summed E-state index contributed by atoms with van der Waals surface area (Å²) >= 11 is 0. The van der Waals surface area contributed by atoms with Crippen LogP contribution >= 0.6 is 0 Å². The number of piperazine rings is 1. The first-order chi connectivity index (χ1) is 17.9. The van der Waals surface area contributed by atoms with Gasteiger partial charge in [0.1, 0.15) is 12.4 Å². The quantitative estimate of drug-likeness (QED) is 0.350. The minimum Gasteiger partial charge on any atom is -0.481 e. The van der Waals surface area contributed by atoms with Crippen LogP contribution in [0.25, 0.3) is 0 Å². The molecule has 196 valence electrons. The van der Waals surface area contributed by atoms with Crippen molar-refractivity contribution in [1.29, 1.82) is 5.41 Å². The van der Waals surface area contributed by atoms with Crippen LogP contribution in [0.4, 0.5) is 15.3 Å². The third kappa shape index (κ3) is 7.22. The second kappa shape index (κ2) is 12.2. The molecule has 1 aliphatic heterocycles. The van der Waals surface area contributed by atoms with Gasteiger partial charge in [0.05, 0.1) is 5.92 Å². The van der Waals surface area contributed by atoms with Crippen LogP contribution in [0, 0.1) is 11.3 Å². The number of nitrogens with zero attached hydrogens (tertiary/aromatic N) is 2. The summed E-state index contributed by atoms with van der Waals surface area (Å²) in [6.45, 7) is 2.67. The predicted octanol–water partition coefficient (Wildman–Crippen LogP) is 3.41. The molecule has 2 fully saturated rings. The van der Waals surface area contributed by atoms with E-state index in [0.717, 1.165) is 11.3 Å². The van der Waals surface area contributed by atoms with Gasteiger partial charge in [-0.05, 0) is 55.5 Å². The highest BCUT2D eigenvalue weighted by atomic mass is 16.5. The number of anilines is 1. The molecule has 2 aromatic carbocycles. The van der Waals surface area contributed by atoms with Crippen LogP contribution in [0.15, 0.2) is 54.6 Å². The van der Waals surface area contributed by atoms with Crippen molar-refractivity contribution < 1.29 is 24.2 Å². The average Bonchev–Trinajstić information content (AvgIpc) is 2.93. The first-order valence-corrected chi connectivity index (χ1v) is 12.6. The Bertz CT molecular complexity index is 1090. The van der Waals surface area contributed by atoms with E-state index in [-0.39, 0.29) is 30.4 Å². The molecule has 2 aromatic rings. The molecular formula is C27H33N5O5. The number of ether oxygens (including phenoxy) is 1. The summed E-state index contributed by atoms with van der Waals surface area (Å²) in [4.78, 5) is 39.8. The minimum absolute atomic E-state index is 0.0354. The van der Waals surface area contributed by atoms with Crippen molar-refractivity contribution in [3.05, 3.63) is 65.7 Å². The number of benzene rings is 2. The number of carboxylic acids is 1. The summed E-state index contributed by atoms with van der Waals surface area (Å²) in [5, 5.41) is 22.8.